The molecule has 0 radical (unpaired) electrons. The quantitative estimate of drug-likeness (QED) is 0.809. The summed E-state index contributed by atoms with van der Waals surface area (Å²) in [6.07, 6.45) is 0. The normalized spacial score (nSPS) is 22.3. The first-order chi connectivity index (χ1) is 7.68. The lowest BCUT2D eigenvalue weighted by Gasteiger charge is -2.33. The van der Waals surface area contributed by atoms with Gasteiger partial charge in [0.1, 0.15) is 0 Å². The average Bonchev–Trinajstić information content (AvgIpc) is 2.26. The molecule has 0 spiro atoms. The van der Waals surface area contributed by atoms with Crippen molar-refractivity contribution >= 4 is 23.2 Å². The van der Waals surface area contributed by atoms with E-state index in [4.69, 9.17) is 27.9 Å². The molecule has 0 saturated carbocycles. The maximum absolute atomic E-state index is 6.15. The van der Waals surface area contributed by atoms with Gasteiger partial charge in [-0.1, -0.05) is 29.3 Å². The number of nitrogens with zero attached hydrogens (tertiary/aromatic N) is 1. The van der Waals surface area contributed by atoms with Crippen LogP contribution in [0.4, 0.5) is 0 Å². The SMILES string of the molecule is CC1COCCN1Cc1c(Cl)cccc1Cl. The predicted octanol–water partition coefficient (Wildman–Crippen LogP) is 3.21. The van der Waals surface area contributed by atoms with Gasteiger partial charge in [-0.25, -0.2) is 0 Å². The van der Waals surface area contributed by atoms with E-state index in [-0.39, 0.29) is 0 Å². The van der Waals surface area contributed by atoms with Gasteiger partial charge in [0.05, 0.1) is 13.2 Å². The molecule has 1 saturated heterocycles. The molecule has 0 bridgehead atoms. The van der Waals surface area contributed by atoms with E-state index < -0.39 is 0 Å². The summed E-state index contributed by atoms with van der Waals surface area (Å²) >= 11 is 12.3. The van der Waals surface area contributed by atoms with Crippen LogP contribution in [0.3, 0.4) is 0 Å². The molecular weight excluding hydrogens is 245 g/mol. The Balaban J connectivity index is 2.13. The second-order valence-corrected chi connectivity index (χ2v) is 4.91. The molecule has 0 aromatic heterocycles. The molecule has 1 aliphatic rings. The summed E-state index contributed by atoms with van der Waals surface area (Å²) in [5.74, 6) is 0. The van der Waals surface area contributed by atoms with Crippen molar-refractivity contribution in [2.45, 2.75) is 19.5 Å². The van der Waals surface area contributed by atoms with Crippen molar-refractivity contribution in [3.8, 4) is 0 Å². The summed E-state index contributed by atoms with van der Waals surface area (Å²) in [5, 5.41) is 1.48. The summed E-state index contributed by atoms with van der Waals surface area (Å²) < 4.78 is 5.40. The van der Waals surface area contributed by atoms with E-state index in [1.807, 2.05) is 18.2 Å². The van der Waals surface area contributed by atoms with Gasteiger partial charge in [0.25, 0.3) is 0 Å². The van der Waals surface area contributed by atoms with E-state index in [0.717, 1.165) is 41.9 Å². The molecule has 4 heteroatoms. The number of rotatable bonds is 2. The van der Waals surface area contributed by atoms with Gasteiger partial charge in [0.15, 0.2) is 0 Å². The van der Waals surface area contributed by atoms with E-state index in [1.165, 1.54) is 0 Å². The number of ether oxygens (including phenoxy) is 1. The minimum absolute atomic E-state index is 0.418. The van der Waals surface area contributed by atoms with Crippen LogP contribution in [0.2, 0.25) is 10.0 Å². The highest BCUT2D eigenvalue weighted by molar-refractivity contribution is 6.35. The van der Waals surface area contributed by atoms with Crippen LogP contribution in [0.5, 0.6) is 0 Å². The second-order valence-electron chi connectivity index (χ2n) is 4.09. The van der Waals surface area contributed by atoms with E-state index in [1.54, 1.807) is 0 Å². The topological polar surface area (TPSA) is 12.5 Å². The zero-order valence-corrected chi connectivity index (χ0v) is 10.8. The smallest absolute Gasteiger partial charge is 0.0619 e. The van der Waals surface area contributed by atoms with Crippen LogP contribution in [-0.2, 0) is 11.3 Å². The molecule has 2 nitrogen and oxygen atoms in total. The highest BCUT2D eigenvalue weighted by Gasteiger charge is 2.20. The maximum Gasteiger partial charge on any atom is 0.0619 e. The minimum Gasteiger partial charge on any atom is -0.379 e. The van der Waals surface area contributed by atoms with Gasteiger partial charge in [-0.15, -0.1) is 0 Å². The molecule has 1 aromatic rings. The molecular formula is C12H15Cl2NO. The Kier molecular flexibility index (Phi) is 4.09. The van der Waals surface area contributed by atoms with Crippen molar-refractivity contribution in [1.82, 2.24) is 4.90 Å². The predicted molar refractivity (Wildman–Crippen MR) is 67.2 cm³/mol. The molecule has 2 rings (SSSR count). The van der Waals surface area contributed by atoms with Gasteiger partial charge in [-0.3, -0.25) is 4.90 Å². The van der Waals surface area contributed by atoms with Crippen molar-refractivity contribution in [3.63, 3.8) is 0 Å². The fraction of sp³-hybridized carbons (Fsp3) is 0.500. The Morgan fingerprint density at radius 3 is 2.69 bits per heavy atom. The summed E-state index contributed by atoms with van der Waals surface area (Å²) in [6, 6.07) is 6.06. The molecule has 0 aliphatic carbocycles. The standard InChI is InChI=1S/C12H15Cl2NO/c1-9-8-16-6-5-15(9)7-10-11(13)3-2-4-12(10)14/h2-4,9H,5-8H2,1H3. The molecule has 0 N–H and O–H groups in total. The number of benzene rings is 1. The molecule has 1 fully saturated rings. The fourth-order valence-corrected chi connectivity index (χ4v) is 2.40. The van der Waals surface area contributed by atoms with Gasteiger partial charge in [-0.2, -0.15) is 0 Å². The first-order valence-electron chi connectivity index (χ1n) is 5.43. The third kappa shape index (κ3) is 2.69. The summed E-state index contributed by atoms with van der Waals surface area (Å²) in [6.45, 7) is 5.45. The lowest BCUT2D eigenvalue weighted by atomic mass is 10.1. The maximum atomic E-state index is 6.15. The number of hydrogen-bond donors (Lipinski definition) is 0. The number of hydrogen-bond acceptors (Lipinski definition) is 2. The van der Waals surface area contributed by atoms with Crippen LogP contribution in [0, 0.1) is 0 Å². The van der Waals surface area contributed by atoms with Gasteiger partial charge < -0.3 is 4.74 Å². The second kappa shape index (κ2) is 5.37. The lowest BCUT2D eigenvalue weighted by Crippen LogP contribution is -2.43. The van der Waals surface area contributed by atoms with Crippen LogP contribution in [0.15, 0.2) is 18.2 Å². The third-order valence-corrected chi connectivity index (χ3v) is 3.64. The molecule has 0 amide bonds. The van der Waals surface area contributed by atoms with Crippen molar-refractivity contribution in [3.05, 3.63) is 33.8 Å². The van der Waals surface area contributed by atoms with E-state index >= 15 is 0 Å². The Bertz CT molecular complexity index is 350. The number of halogens is 2. The van der Waals surface area contributed by atoms with Crippen molar-refractivity contribution in [1.29, 1.82) is 0 Å². The molecule has 1 heterocycles. The van der Waals surface area contributed by atoms with Crippen LogP contribution in [0.1, 0.15) is 12.5 Å². The minimum atomic E-state index is 0.418. The average molecular weight is 260 g/mol. The Hall–Kier alpha value is -0.280. The van der Waals surface area contributed by atoms with Crippen LogP contribution in [-0.4, -0.2) is 30.7 Å². The van der Waals surface area contributed by atoms with Gasteiger partial charge in [0.2, 0.25) is 0 Å². The Morgan fingerprint density at radius 1 is 1.38 bits per heavy atom. The van der Waals surface area contributed by atoms with Crippen LogP contribution in [0.25, 0.3) is 0 Å². The van der Waals surface area contributed by atoms with Crippen molar-refractivity contribution < 1.29 is 4.74 Å². The molecule has 16 heavy (non-hydrogen) atoms. The highest BCUT2D eigenvalue weighted by atomic mass is 35.5. The molecule has 1 aromatic carbocycles. The first-order valence-corrected chi connectivity index (χ1v) is 6.19. The Labute approximate surface area is 106 Å². The lowest BCUT2D eigenvalue weighted by molar-refractivity contribution is -0.00434. The van der Waals surface area contributed by atoms with Gasteiger partial charge in [0, 0.05) is 34.7 Å². The summed E-state index contributed by atoms with van der Waals surface area (Å²) in [7, 11) is 0. The van der Waals surface area contributed by atoms with Crippen LogP contribution >= 0.6 is 23.2 Å². The summed E-state index contributed by atoms with van der Waals surface area (Å²) in [5.41, 5.74) is 1.01. The highest BCUT2D eigenvalue weighted by Crippen LogP contribution is 2.26. The van der Waals surface area contributed by atoms with Gasteiger partial charge >= 0.3 is 0 Å². The van der Waals surface area contributed by atoms with Crippen molar-refractivity contribution in [2.24, 2.45) is 0 Å². The third-order valence-electron chi connectivity index (χ3n) is 2.93. The first kappa shape index (κ1) is 12.2. The van der Waals surface area contributed by atoms with E-state index in [2.05, 4.69) is 11.8 Å². The van der Waals surface area contributed by atoms with Crippen LogP contribution < -0.4 is 0 Å². The largest absolute Gasteiger partial charge is 0.379 e. The van der Waals surface area contributed by atoms with E-state index in [9.17, 15) is 0 Å². The zero-order valence-electron chi connectivity index (χ0n) is 9.25. The summed E-state index contributed by atoms with van der Waals surface area (Å²) in [4.78, 5) is 2.34. The fourth-order valence-electron chi connectivity index (χ4n) is 1.88. The Morgan fingerprint density at radius 2 is 2.06 bits per heavy atom. The molecule has 1 unspecified atom stereocenters. The van der Waals surface area contributed by atoms with E-state index in [0.29, 0.717) is 6.04 Å². The molecule has 88 valence electrons. The zero-order chi connectivity index (χ0) is 11.5. The monoisotopic (exact) mass is 259 g/mol. The van der Waals surface area contributed by atoms with Gasteiger partial charge in [-0.05, 0) is 19.1 Å². The number of morpholine rings is 1. The molecule has 1 atom stereocenters. The molecule has 1 aliphatic heterocycles. The van der Waals surface area contributed by atoms with Crippen molar-refractivity contribution in [2.75, 3.05) is 19.8 Å².